The van der Waals surface area contributed by atoms with Crippen molar-refractivity contribution >= 4 is 46.8 Å². The van der Waals surface area contributed by atoms with Crippen LogP contribution in [0.4, 0.5) is 13.2 Å². The minimum absolute atomic E-state index is 0.0365. The van der Waals surface area contributed by atoms with E-state index in [2.05, 4.69) is 15.6 Å². The Balaban J connectivity index is 1.34. The van der Waals surface area contributed by atoms with Crippen molar-refractivity contribution in [3.63, 3.8) is 0 Å². The van der Waals surface area contributed by atoms with Gasteiger partial charge in [-0.1, -0.05) is 35.3 Å². The van der Waals surface area contributed by atoms with Crippen molar-refractivity contribution in [1.29, 1.82) is 0 Å². The quantitative estimate of drug-likeness (QED) is 0.149. The van der Waals surface area contributed by atoms with Crippen molar-refractivity contribution in [1.82, 2.24) is 34.9 Å². The Morgan fingerprint density at radius 2 is 1.71 bits per heavy atom. The van der Waals surface area contributed by atoms with Crippen molar-refractivity contribution in [2.75, 3.05) is 33.8 Å². The van der Waals surface area contributed by atoms with E-state index in [0.29, 0.717) is 31.3 Å². The maximum atomic E-state index is 16.1. The monoisotopic (exact) mass is 913 g/mol. The number of halogens is 5. The van der Waals surface area contributed by atoms with Crippen LogP contribution >= 0.6 is 23.2 Å². The number of carbonyl (C=O) groups is 4. The summed E-state index contributed by atoms with van der Waals surface area (Å²) in [6, 6.07) is 13.1. The van der Waals surface area contributed by atoms with E-state index in [9.17, 15) is 33.1 Å². The fourth-order valence-electron chi connectivity index (χ4n) is 8.25. The molecule has 4 amide bonds. The van der Waals surface area contributed by atoms with Gasteiger partial charge >= 0.3 is 0 Å². The van der Waals surface area contributed by atoms with Crippen LogP contribution in [0.3, 0.4) is 0 Å². The summed E-state index contributed by atoms with van der Waals surface area (Å²) in [5.74, 6) is -8.16. The molecule has 18 heteroatoms. The second-order valence-electron chi connectivity index (χ2n) is 16.9. The third kappa shape index (κ3) is 11.7. The molecule has 0 spiro atoms. The molecule has 2 aliphatic rings. The van der Waals surface area contributed by atoms with Crippen LogP contribution in [-0.4, -0.2) is 110 Å². The number of hydrogen-bond acceptors (Lipinski definition) is 8. The fourth-order valence-corrected chi connectivity index (χ4v) is 8.57. The van der Waals surface area contributed by atoms with Crippen LogP contribution in [0.15, 0.2) is 66.9 Å². The molecule has 0 saturated carbocycles. The molecule has 0 unspecified atom stereocenters. The smallest absolute Gasteiger partial charge is 0.246 e. The maximum absolute atomic E-state index is 16.1. The number of alkyl halides is 2. The van der Waals surface area contributed by atoms with Crippen molar-refractivity contribution < 1.29 is 42.2 Å². The van der Waals surface area contributed by atoms with Gasteiger partial charge in [0.25, 0.3) is 0 Å². The van der Waals surface area contributed by atoms with Gasteiger partial charge in [-0.3, -0.25) is 19.2 Å². The second kappa shape index (κ2) is 19.7. The highest BCUT2D eigenvalue weighted by Crippen LogP contribution is 2.36. The maximum Gasteiger partial charge on any atom is 0.246 e. The lowest BCUT2D eigenvalue weighted by Gasteiger charge is -2.45. The van der Waals surface area contributed by atoms with Gasteiger partial charge in [0.05, 0.1) is 43.0 Å². The number of hydrogen-bond donors (Lipinski definition) is 3. The van der Waals surface area contributed by atoms with Gasteiger partial charge in [0.1, 0.15) is 35.2 Å². The Labute approximate surface area is 374 Å². The number of ether oxygens (including phenoxy) is 1. The van der Waals surface area contributed by atoms with Crippen LogP contribution in [0.2, 0.25) is 10.0 Å². The SMILES string of the molecule is C[C@H]1C(=O)N[C@@H](CO)C(=O)N[C@@]2(Cc3ccc(Cl)cc3)CCCN(C2)C(=O)[C@H](CC(C)(F)F)CC(=O)N1Cc1c(F)cc(Cl)cc1Oc1ccc(-c2cnc(CN(C)C)n2C)cc1. The van der Waals surface area contributed by atoms with Gasteiger partial charge in [0.2, 0.25) is 29.6 Å². The third-order valence-corrected chi connectivity index (χ3v) is 11.9. The van der Waals surface area contributed by atoms with E-state index in [0.717, 1.165) is 33.6 Å². The molecule has 3 N–H and O–H groups in total. The second-order valence-corrected chi connectivity index (χ2v) is 17.8. The molecule has 2 fully saturated rings. The molecular weight excluding hydrogens is 862 g/mol. The summed E-state index contributed by atoms with van der Waals surface area (Å²) >= 11 is 12.4. The zero-order chi connectivity index (χ0) is 45.8. The van der Waals surface area contributed by atoms with Crippen LogP contribution in [0.5, 0.6) is 11.5 Å². The minimum atomic E-state index is -3.39. The van der Waals surface area contributed by atoms with Crippen molar-refractivity contribution in [2.24, 2.45) is 13.0 Å². The first kappa shape index (κ1) is 47.3. The largest absolute Gasteiger partial charge is 0.457 e. The number of aromatic nitrogens is 2. The van der Waals surface area contributed by atoms with Gasteiger partial charge in [-0.2, -0.15) is 0 Å². The molecule has 0 aliphatic carbocycles. The summed E-state index contributed by atoms with van der Waals surface area (Å²) in [4.78, 5) is 65.7. The molecule has 1 aromatic heterocycles. The number of nitrogens with one attached hydrogen (secondary N) is 2. The first-order chi connectivity index (χ1) is 29.7. The van der Waals surface area contributed by atoms with Gasteiger partial charge in [0, 0.05) is 54.2 Å². The lowest BCUT2D eigenvalue weighted by Crippen LogP contribution is -2.65. The minimum Gasteiger partial charge on any atom is -0.457 e. The number of carbonyl (C=O) groups excluding carboxylic acids is 4. The predicted molar refractivity (Wildman–Crippen MR) is 232 cm³/mol. The summed E-state index contributed by atoms with van der Waals surface area (Å²) in [5.41, 5.74) is 1.07. The van der Waals surface area contributed by atoms with Crippen molar-refractivity contribution in [3.05, 3.63) is 99.7 Å². The average Bonchev–Trinajstić information content (AvgIpc) is 3.57. The normalized spacial score (nSPS) is 21.6. The number of nitrogens with zero attached hydrogens (tertiary/aromatic N) is 5. The number of imidazole rings is 1. The summed E-state index contributed by atoms with van der Waals surface area (Å²) < 4.78 is 54.1. The lowest BCUT2D eigenvalue weighted by atomic mass is 9.81. The molecule has 13 nitrogen and oxygen atoms in total. The zero-order valence-electron chi connectivity index (χ0n) is 35.8. The van der Waals surface area contributed by atoms with Gasteiger partial charge in [-0.05, 0) is 101 Å². The highest BCUT2D eigenvalue weighted by Gasteiger charge is 2.44. The molecule has 2 saturated heterocycles. The van der Waals surface area contributed by atoms with Crippen LogP contribution in [0.1, 0.15) is 56.5 Å². The fraction of sp³-hybridized carbons (Fsp3) is 0.444. The lowest BCUT2D eigenvalue weighted by molar-refractivity contribution is -0.150. The van der Waals surface area contributed by atoms with E-state index < -0.39 is 84.9 Å². The van der Waals surface area contributed by atoms with Crippen molar-refractivity contribution in [3.8, 4) is 22.8 Å². The van der Waals surface area contributed by atoms with E-state index in [1.165, 1.54) is 17.9 Å². The number of rotatable bonds is 12. The highest BCUT2D eigenvalue weighted by atomic mass is 35.5. The number of benzene rings is 3. The molecule has 0 radical (unpaired) electrons. The first-order valence-corrected chi connectivity index (χ1v) is 21.4. The molecule has 4 aromatic rings. The first-order valence-electron chi connectivity index (χ1n) is 20.6. The van der Waals surface area contributed by atoms with Gasteiger partial charge in [-0.25, -0.2) is 18.2 Å². The Morgan fingerprint density at radius 3 is 2.37 bits per heavy atom. The van der Waals surface area contributed by atoms with E-state index in [1.807, 2.05) is 30.6 Å². The van der Waals surface area contributed by atoms with Crippen molar-refractivity contribution in [2.45, 2.75) is 82.6 Å². The number of fused-ring (bicyclic) bond motifs is 2. The Kier molecular flexibility index (Phi) is 14.8. The number of piperidine rings is 1. The molecule has 338 valence electrons. The molecule has 3 aromatic carbocycles. The standard InChI is InChI=1S/C45H52Cl2F3N7O6/c1-27-41(60)52-36(25-58)42(61)53-45(20-28-7-11-31(46)12-8-28)15-6-16-56(26-45)43(62)30(21-44(2,49)50)17-40(59)57(27)23-34-35(48)18-32(47)19-38(34)63-33-13-9-29(10-14-33)37-22-51-39(55(37)5)24-54(3)4/h7-14,18-19,22,27,30,36,58H,6,15-17,20-21,23-26H2,1-5H3,(H,52,60)(H,53,61)/t27-,30-,36-,45+/m0/s1. The summed E-state index contributed by atoms with van der Waals surface area (Å²) in [5, 5.41) is 16.4. The summed E-state index contributed by atoms with van der Waals surface area (Å²) in [6.07, 6.45) is 0.941. The Hall–Kier alpha value is -5.16. The highest BCUT2D eigenvalue weighted by molar-refractivity contribution is 6.31. The molecule has 2 bridgehead atoms. The van der Waals surface area contributed by atoms with Crippen LogP contribution < -0.4 is 15.4 Å². The van der Waals surface area contributed by atoms with Crippen LogP contribution in [0.25, 0.3) is 11.3 Å². The molecule has 2 aliphatic heterocycles. The molecule has 6 rings (SSSR count). The van der Waals surface area contributed by atoms with Gasteiger partial charge in [0.15, 0.2) is 0 Å². The average molecular weight is 915 g/mol. The Bertz CT molecular complexity index is 2310. The van der Waals surface area contributed by atoms with Gasteiger partial charge < -0.3 is 39.7 Å². The number of aliphatic hydroxyl groups excluding tert-OH is 1. The van der Waals surface area contributed by atoms with Gasteiger partial charge in [-0.15, -0.1) is 0 Å². The molecule has 4 atom stereocenters. The van der Waals surface area contributed by atoms with E-state index in [4.69, 9.17) is 27.9 Å². The number of aliphatic hydroxyl groups is 1. The predicted octanol–water partition coefficient (Wildman–Crippen LogP) is 6.37. The van der Waals surface area contributed by atoms with E-state index >= 15 is 4.39 Å². The Morgan fingerprint density at radius 1 is 1.02 bits per heavy atom. The van der Waals surface area contributed by atoms with E-state index in [1.54, 1.807) is 54.7 Å². The molecular formula is C45H52Cl2F3N7O6. The summed E-state index contributed by atoms with van der Waals surface area (Å²) in [7, 11) is 5.79. The third-order valence-electron chi connectivity index (χ3n) is 11.5. The molecule has 63 heavy (non-hydrogen) atoms. The zero-order valence-corrected chi connectivity index (χ0v) is 37.3. The van der Waals surface area contributed by atoms with E-state index in [-0.39, 0.29) is 41.6 Å². The number of amides is 4. The van der Waals surface area contributed by atoms with Crippen LogP contribution in [0, 0.1) is 11.7 Å². The van der Waals surface area contributed by atoms with Crippen LogP contribution in [-0.2, 0) is 45.7 Å². The summed E-state index contributed by atoms with van der Waals surface area (Å²) in [6.45, 7) is 1.18. The molecule has 3 heterocycles. The topological polar surface area (TPSA) is 149 Å².